The Labute approximate surface area is 125 Å². The number of rotatable bonds is 7. The lowest BCUT2D eigenvalue weighted by molar-refractivity contribution is 0.161. The number of hydrogen-bond acceptors (Lipinski definition) is 3. The third-order valence-electron chi connectivity index (χ3n) is 3.26. The monoisotopic (exact) mass is 308 g/mol. The van der Waals surface area contributed by atoms with E-state index in [4.69, 9.17) is 0 Å². The van der Waals surface area contributed by atoms with Crippen LogP contribution in [0, 0.1) is 0 Å². The Balaban J connectivity index is 1.84. The standard InChI is InChI=1S/C15H20N2O3S/c1-17-11-5-8-14(17)15(18)9-10-16-21(19,20)12-13-6-3-2-4-7-13/h2-8,11,15-16,18H,9-10,12H2,1H3. The second-order valence-corrected chi connectivity index (χ2v) is 6.79. The molecular weight excluding hydrogens is 288 g/mol. The first-order valence-corrected chi connectivity index (χ1v) is 8.44. The number of sulfonamides is 1. The van der Waals surface area contributed by atoms with E-state index in [9.17, 15) is 13.5 Å². The third-order valence-corrected chi connectivity index (χ3v) is 4.62. The van der Waals surface area contributed by atoms with Crippen molar-refractivity contribution in [3.63, 3.8) is 0 Å². The van der Waals surface area contributed by atoms with Crippen molar-refractivity contribution in [2.45, 2.75) is 18.3 Å². The van der Waals surface area contributed by atoms with Crippen LogP contribution in [0.1, 0.15) is 23.8 Å². The highest BCUT2D eigenvalue weighted by Gasteiger charge is 2.14. The molecule has 6 heteroatoms. The molecular formula is C15H20N2O3S. The largest absolute Gasteiger partial charge is 0.387 e. The first-order chi connectivity index (χ1) is 9.98. The normalized spacial score (nSPS) is 13.2. The molecule has 1 aromatic carbocycles. The molecule has 2 rings (SSSR count). The molecule has 0 aliphatic heterocycles. The van der Waals surface area contributed by atoms with E-state index >= 15 is 0 Å². The zero-order valence-corrected chi connectivity index (χ0v) is 12.8. The van der Waals surface area contributed by atoms with Crippen molar-refractivity contribution in [2.24, 2.45) is 7.05 Å². The zero-order chi connectivity index (χ0) is 15.3. The second-order valence-electron chi connectivity index (χ2n) is 4.99. The highest BCUT2D eigenvalue weighted by Crippen LogP contribution is 2.15. The fraction of sp³-hybridized carbons (Fsp3) is 0.333. The Morgan fingerprint density at radius 3 is 2.52 bits per heavy atom. The number of benzene rings is 1. The van der Waals surface area contributed by atoms with Gasteiger partial charge in [0.05, 0.1) is 11.9 Å². The summed E-state index contributed by atoms with van der Waals surface area (Å²) in [7, 11) is -1.53. The van der Waals surface area contributed by atoms with E-state index in [1.54, 1.807) is 12.1 Å². The Morgan fingerprint density at radius 1 is 1.19 bits per heavy atom. The van der Waals surface area contributed by atoms with Gasteiger partial charge < -0.3 is 9.67 Å². The number of aliphatic hydroxyl groups excluding tert-OH is 1. The van der Waals surface area contributed by atoms with Crippen LogP contribution in [0.2, 0.25) is 0 Å². The molecule has 0 saturated heterocycles. The molecule has 1 atom stereocenters. The smallest absolute Gasteiger partial charge is 0.215 e. The topological polar surface area (TPSA) is 71.3 Å². The van der Waals surface area contributed by atoms with E-state index in [0.29, 0.717) is 6.42 Å². The molecule has 0 bridgehead atoms. The lowest BCUT2D eigenvalue weighted by atomic mass is 10.2. The van der Waals surface area contributed by atoms with Crippen LogP contribution in [0.5, 0.6) is 0 Å². The number of nitrogens with one attached hydrogen (secondary N) is 1. The molecule has 1 unspecified atom stereocenters. The summed E-state index contributed by atoms with van der Waals surface area (Å²) in [5.41, 5.74) is 1.52. The quantitative estimate of drug-likeness (QED) is 0.815. The van der Waals surface area contributed by atoms with Crippen LogP contribution in [-0.4, -0.2) is 24.6 Å². The van der Waals surface area contributed by atoms with Crippen LogP contribution in [0.4, 0.5) is 0 Å². The number of nitrogens with zero attached hydrogens (tertiary/aromatic N) is 1. The molecule has 0 fully saturated rings. The summed E-state index contributed by atoms with van der Waals surface area (Å²) in [6.07, 6.45) is 1.51. The predicted molar refractivity (Wildman–Crippen MR) is 82.1 cm³/mol. The van der Waals surface area contributed by atoms with E-state index in [1.165, 1.54) is 0 Å². The Kier molecular flexibility index (Phi) is 5.17. The summed E-state index contributed by atoms with van der Waals surface area (Å²) in [5.74, 6) is -0.0475. The number of hydrogen-bond donors (Lipinski definition) is 2. The molecule has 5 nitrogen and oxygen atoms in total. The van der Waals surface area contributed by atoms with Gasteiger partial charge >= 0.3 is 0 Å². The van der Waals surface area contributed by atoms with E-state index in [-0.39, 0.29) is 12.3 Å². The van der Waals surface area contributed by atoms with Crippen molar-refractivity contribution in [2.75, 3.05) is 6.54 Å². The number of aliphatic hydroxyl groups is 1. The fourth-order valence-corrected chi connectivity index (χ4v) is 3.33. The molecule has 114 valence electrons. The molecule has 2 N–H and O–H groups in total. The van der Waals surface area contributed by atoms with E-state index in [2.05, 4.69) is 4.72 Å². The van der Waals surface area contributed by atoms with Crippen molar-refractivity contribution in [3.8, 4) is 0 Å². The fourth-order valence-electron chi connectivity index (χ4n) is 2.16. The first kappa shape index (κ1) is 15.8. The van der Waals surface area contributed by atoms with Crippen molar-refractivity contribution in [1.29, 1.82) is 0 Å². The highest BCUT2D eigenvalue weighted by atomic mass is 32.2. The van der Waals surface area contributed by atoms with Gasteiger partial charge in [0.15, 0.2) is 0 Å². The highest BCUT2D eigenvalue weighted by molar-refractivity contribution is 7.88. The van der Waals surface area contributed by atoms with Crippen molar-refractivity contribution >= 4 is 10.0 Å². The van der Waals surface area contributed by atoms with Crippen LogP contribution in [0.3, 0.4) is 0 Å². The summed E-state index contributed by atoms with van der Waals surface area (Å²) < 4.78 is 28.2. The van der Waals surface area contributed by atoms with Crippen LogP contribution >= 0.6 is 0 Å². The summed E-state index contributed by atoms with van der Waals surface area (Å²) in [6.45, 7) is 0.210. The minimum atomic E-state index is -3.38. The molecule has 0 aliphatic carbocycles. The van der Waals surface area contributed by atoms with Gasteiger partial charge in [-0.3, -0.25) is 0 Å². The Morgan fingerprint density at radius 2 is 1.90 bits per heavy atom. The third kappa shape index (κ3) is 4.70. The lowest BCUT2D eigenvalue weighted by Crippen LogP contribution is -2.27. The molecule has 1 heterocycles. The molecule has 0 radical (unpaired) electrons. The summed E-state index contributed by atoms with van der Waals surface area (Å²) >= 11 is 0. The van der Waals surface area contributed by atoms with Crippen LogP contribution in [0.15, 0.2) is 48.7 Å². The van der Waals surface area contributed by atoms with Gasteiger partial charge in [-0.05, 0) is 24.1 Å². The van der Waals surface area contributed by atoms with Gasteiger partial charge in [-0.15, -0.1) is 0 Å². The SMILES string of the molecule is Cn1cccc1C(O)CCNS(=O)(=O)Cc1ccccc1. The maximum atomic E-state index is 11.9. The maximum absolute atomic E-state index is 11.9. The van der Waals surface area contributed by atoms with E-state index in [1.807, 2.05) is 48.1 Å². The van der Waals surface area contributed by atoms with Crippen LogP contribution in [0.25, 0.3) is 0 Å². The van der Waals surface area contributed by atoms with Crippen molar-refractivity contribution in [3.05, 3.63) is 59.9 Å². The lowest BCUT2D eigenvalue weighted by Gasteiger charge is -2.12. The van der Waals surface area contributed by atoms with Crippen molar-refractivity contribution in [1.82, 2.24) is 9.29 Å². The predicted octanol–water partition coefficient (Wildman–Crippen LogP) is 1.57. The number of aryl methyl sites for hydroxylation is 1. The van der Waals surface area contributed by atoms with Crippen LogP contribution in [-0.2, 0) is 22.8 Å². The van der Waals surface area contributed by atoms with Gasteiger partial charge in [-0.2, -0.15) is 0 Å². The van der Waals surface area contributed by atoms with Gasteiger partial charge in [0.1, 0.15) is 0 Å². The van der Waals surface area contributed by atoms with Crippen LogP contribution < -0.4 is 4.72 Å². The molecule has 0 amide bonds. The Hall–Kier alpha value is -1.63. The minimum Gasteiger partial charge on any atom is -0.387 e. The van der Waals surface area contributed by atoms with Gasteiger partial charge in [0, 0.05) is 25.5 Å². The maximum Gasteiger partial charge on any atom is 0.215 e. The first-order valence-electron chi connectivity index (χ1n) is 6.78. The molecule has 0 spiro atoms. The minimum absolute atomic E-state index is 0.0475. The van der Waals surface area contributed by atoms with Gasteiger partial charge in [0.25, 0.3) is 0 Å². The van der Waals surface area contributed by atoms with E-state index in [0.717, 1.165) is 11.3 Å². The van der Waals surface area contributed by atoms with Gasteiger partial charge in [-0.1, -0.05) is 30.3 Å². The molecule has 0 aliphatic rings. The second kappa shape index (κ2) is 6.89. The summed E-state index contributed by atoms with van der Waals surface area (Å²) in [5, 5.41) is 10.0. The molecule has 2 aromatic rings. The molecule has 21 heavy (non-hydrogen) atoms. The zero-order valence-electron chi connectivity index (χ0n) is 11.9. The van der Waals surface area contributed by atoms with Crippen molar-refractivity contribution < 1.29 is 13.5 Å². The molecule has 0 saturated carbocycles. The van der Waals surface area contributed by atoms with E-state index < -0.39 is 16.1 Å². The number of aromatic nitrogens is 1. The summed E-state index contributed by atoms with van der Waals surface area (Å²) in [6, 6.07) is 12.7. The average molecular weight is 308 g/mol. The van der Waals surface area contributed by atoms with Gasteiger partial charge in [0.2, 0.25) is 10.0 Å². The molecule has 1 aromatic heterocycles. The average Bonchev–Trinajstić information content (AvgIpc) is 2.85. The Bertz CT molecular complexity index is 665. The van der Waals surface area contributed by atoms with Gasteiger partial charge in [-0.25, -0.2) is 13.1 Å². The summed E-state index contributed by atoms with van der Waals surface area (Å²) in [4.78, 5) is 0.